The average Bonchev–Trinajstić information content (AvgIpc) is 2.88. The second kappa shape index (κ2) is 6.33. The quantitative estimate of drug-likeness (QED) is 0.860. The molecule has 25 heavy (non-hydrogen) atoms. The Morgan fingerprint density at radius 3 is 2.40 bits per heavy atom. The normalized spacial score (nSPS) is 24.0. The molecule has 1 aromatic rings. The Hall–Kier alpha value is -2.08. The summed E-state index contributed by atoms with van der Waals surface area (Å²) in [4.78, 5) is 38.3. The van der Waals surface area contributed by atoms with Crippen LogP contribution in [0.1, 0.15) is 37.0 Å². The lowest BCUT2D eigenvalue weighted by atomic mass is 10.1. The van der Waals surface area contributed by atoms with Crippen molar-refractivity contribution in [3.63, 3.8) is 0 Å². The van der Waals surface area contributed by atoms with Gasteiger partial charge in [-0.2, -0.15) is 0 Å². The molecule has 0 bridgehead atoms. The number of hydrogen-bond donors (Lipinski definition) is 2. The van der Waals surface area contributed by atoms with E-state index in [1.807, 2.05) is 0 Å². The van der Waals surface area contributed by atoms with Gasteiger partial charge in [-0.3, -0.25) is 14.4 Å². The first-order valence-electron chi connectivity index (χ1n) is 8.36. The third kappa shape index (κ3) is 3.23. The minimum Gasteiger partial charge on any atom is -0.481 e. The van der Waals surface area contributed by atoms with Crippen LogP contribution in [-0.2, 0) is 9.59 Å². The molecule has 7 heteroatoms. The van der Waals surface area contributed by atoms with Crippen LogP contribution in [-0.4, -0.2) is 40.9 Å². The van der Waals surface area contributed by atoms with Crippen LogP contribution in [0.4, 0.5) is 5.69 Å². The van der Waals surface area contributed by atoms with Gasteiger partial charge in [0.15, 0.2) is 0 Å². The van der Waals surface area contributed by atoms with Crippen molar-refractivity contribution < 1.29 is 19.5 Å². The Morgan fingerprint density at radius 2 is 1.84 bits per heavy atom. The molecule has 1 saturated carbocycles. The molecular formula is C18H21ClN2O4. The van der Waals surface area contributed by atoms with Crippen molar-refractivity contribution in [2.75, 3.05) is 18.4 Å². The first-order valence-corrected chi connectivity index (χ1v) is 8.74. The molecule has 2 amide bonds. The van der Waals surface area contributed by atoms with E-state index in [4.69, 9.17) is 11.6 Å². The molecule has 3 rings (SSSR count). The van der Waals surface area contributed by atoms with Crippen LogP contribution in [0.5, 0.6) is 0 Å². The van der Waals surface area contributed by atoms with Gasteiger partial charge in [0.1, 0.15) is 0 Å². The number of carboxylic acid groups (broad SMARTS) is 1. The molecule has 0 aromatic heterocycles. The van der Waals surface area contributed by atoms with Gasteiger partial charge in [0, 0.05) is 18.1 Å². The molecule has 1 aliphatic heterocycles. The minimum absolute atomic E-state index is 0.144. The van der Waals surface area contributed by atoms with Crippen molar-refractivity contribution in [3.05, 3.63) is 28.8 Å². The van der Waals surface area contributed by atoms with E-state index in [2.05, 4.69) is 5.32 Å². The summed E-state index contributed by atoms with van der Waals surface area (Å²) in [5, 5.41) is 12.4. The van der Waals surface area contributed by atoms with E-state index >= 15 is 0 Å². The lowest BCUT2D eigenvalue weighted by Gasteiger charge is -2.18. The number of carbonyl (C=O) groups excluding carboxylic acids is 2. The standard InChI is InChI=1S/C18H21ClN2O4/c1-18(2)13(14(18)17(24)25)15(22)20-12-9-10(19)5-6-11(12)16(23)21-7-3-4-8-21/h5-6,9,13-14H,3-4,7-8H2,1-2H3,(H,20,22)(H,24,25)/t13-,14+/m1/s1. The third-order valence-electron chi connectivity index (χ3n) is 5.24. The Kier molecular flexibility index (Phi) is 4.49. The topological polar surface area (TPSA) is 86.7 Å². The highest BCUT2D eigenvalue weighted by Gasteiger charge is 2.65. The minimum atomic E-state index is -0.982. The van der Waals surface area contributed by atoms with Gasteiger partial charge in [-0.15, -0.1) is 0 Å². The number of likely N-dealkylation sites (tertiary alicyclic amines) is 1. The van der Waals surface area contributed by atoms with Gasteiger partial charge in [-0.25, -0.2) is 0 Å². The van der Waals surface area contributed by atoms with Gasteiger partial charge in [0.25, 0.3) is 5.91 Å². The maximum absolute atomic E-state index is 12.7. The van der Waals surface area contributed by atoms with Crippen LogP contribution in [0.15, 0.2) is 18.2 Å². The fraction of sp³-hybridized carbons (Fsp3) is 0.500. The van der Waals surface area contributed by atoms with E-state index in [-0.39, 0.29) is 5.91 Å². The molecule has 1 aliphatic carbocycles. The van der Waals surface area contributed by atoms with Crippen LogP contribution >= 0.6 is 11.6 Å². The van der Waals surface area contributed by atoms with Crippen molar-refractivity contribution in [3.8, 4) is 0 Å². The predicted octanol–water partition coefficient (Wildman–Crippen LogP) is 2.87. The predicted molar refractivity (Wildman–Crippen MR) is 93.6 cm³/mol. The summed E-state index contributed by atoms with van der Waals surface area (Å²) in [7, 11) is 0. The summed E-state index contributed by atoms with van der Waals surface area (Å²) >= 11 is 6.02. The van der Waals surface area contributed by atoms with E-state index in [1.54, 1.807) is 30.9 Å². The Balaban J connectivity index is 1.82. The van der Waals surface area contributed by atoms with Crippen LogP contribution in [0.25, 0.3) is 0 Å². The van der Waals surface area contributed by atoms with Gasteiger partial charge in [-0.1, -0.05) is 25.4 Å². The second-order valence-electron chi connectivity index (χ2n) is 7.29. The van der Waals surface area contributed by atoms with E-state index in [0.29, 0.717) is 29.4 Å². The second-order valence-corrected chi connectivity index (χ2v) is 7.73. The number of nitrogens with zero attached hydrogens (tertiary/aromatic N) is 1. The molecule has 6 nitrogen and oxygen atoms in total. The zero-order valence-electron chi connectivity index (χ0n) is 14.2. The lowest BCUT2D eigenvalue weighted by molar-refractivity contribution is -0.140. The SMILES string of the molecule is CC1(C)[C@H](C(=O)O)[C@@H]1C(=O)Nc1cc(Cl)ccc1C(=O)N1CCCC1. The van der Waals surface area contributed by atoms with Gasteiger partial charge >= 0.3 is 5.97 Å². The molecule has 134 valence electrons. The Bertz CT molecular complexity index is 741. The molecule has 1 saturated heterocycles. The number of anilines is 1. The summed E-state index contributed by atoms with van der Waals surface area (Å²) in [6.07, 6.45) is 1.94. The molecule has 0 unspecified atom stereocenters. The van der Waals surface area contributed by atoms with Crippen LogP contribution < -0.4 is 5.32 Å². The van der Waals surface area contributed by atoms with Gasteiger partial charge in [-0.05, 0) is 36.5 Å². The monoisotopic (exact) mass is 364 g/mol. The molecule has 2 atom stereocenters. The molecule has 0 spiro atoms. The molecular weight excluding hydrogens is 344 g/mol. The number of hydrogen-bond acceptors (Lipinski definition) is 3. The number of aliphatic carboxylic acids is 1. The van der Waals surface area contributed by atoms with Crippen LogP contribution in [0, 0.1) is 17.3 Å². The zero-order valence-corrected chi connectivity index (χ0v) is 15.0. The molecule has 0 radical (unpaired) electrons. The highest BCUT2D eigenvalue weighted by atomic mass is 35.5. The van der Waals surface area contributed by atoms with E-state index < -0.39 is 29.1 Å². The molecule has 2 fully saturated rings. The summed E-state index contributed by atoms with van der Waals surface area (Å²) in [6.45, 7) is 4.91. The number of carbonyl (C=O) groups is 3. The van der Waals surface area contributed by atoms with E-state index in [1.165, 1.54) is 6.07 Å². The molecule has 1 aromatic carbocycles. The average molecular weight is 365 g/mol. The first kappa shape index (κ1) is 17.7. The summed E-state index contributed by atoms with van der Waals surface area (Å²) in [5.74, 6) is -2.86. The number of halogens is 1. The van der Waals surface area contributed by atoms with E-state index in [0.717, 1.165) is 12.8 Å². The van der Waals surface area contributed by atoms with Crippen molar-refractivity contribution >= 4 is 35.1 Å². The zero-order chi connectivity index (χ0) is 18.4. The smallest absolute Gasteiger partial charge is 0.307 e. The number of rotatable bonds is 4. The van der Waals surface area contributed by atoms with Gasteiger partial charge in [0.05, 0.1) is 23.1 Å². The Labute approximate surface area is 151 Å². The van der Waals surface area contributed by atoms with Crippen molar-refractivity contribution in [2.24, 2.45) is 17.3 Å². The first-order chi connectivity index (χ1) is 11.7. The summed E-state index contributed by atoms with van der Waals surface area (Å²) < 4.78 is 0. The summed E-state index contributed by atoms with van der Waals surface area (Å²) in [5.41, 5.74) is 0.111. The van der Waals surface area contributed by atoms with Crippen molar-refractivity contribution in [2.45, 2.75) is 26.7 Å². The number of carboxylic acids is 1. The third-order valence-corrected chi connectivity index (χ3v) is 5.47. The summed E-state index contributed by atoms with van der Waals surface area (Å²) in [6, 6.07) is 4.75. The van der Waals surface area contributed by atoms with Gasteiger partial charge in [0.2, 0.25) is 5.91 Å². The van der Waals surface area contributed by atoms with Crippen molar-refractivity contribution in [1.82, 2.24) is 4.90 Å². The highest BCUT2D eigenvalue weighted by Crippen LogP contribution is 2.58. The Morgan fingerprint density at radius 1 is 1.20 bits per heavy atom. The molecule has 2 aliphatic rings. The number of nitrogens with one attached hydrogen (secondary N) is 1. The lowest BCUT2D eigenvalue weighted by Crippen LogP contribution is -2.29. The highest BCUT2D eigenvalue weighted by molar-refractivity contribution is 6.31. The van der Waals surface area contributed by atoms with Crippen LogP contribution in [0.3, 0.4) is 0 Å². The van der Waals surface area contributed by atoms with Crippen molar-refractivity contribution in [1.29, 1.82) is 0 Å². The van der Waals surface area contributed by atoms with E-state index in [9.17, 15) is 19.5 Å². The molecule has 2 N–H and O–H groups in total. The number of amides is 2. The fourth-order valence-electron chi connectivity index (χ4n) is 3.70. The maximum atomic E-state index is 12.7. The van der Waals surface area contributed by atoms with Gasteiger partial charge < -0.3 is 15.3 Å². The number of benzene rings is 1. The maximum Gasteiger partial charge on any atom is 0.307 e. The van der Waals surface area contributed by atoms with Crippen LogP contribution in [0.2, 0.25) is 5.02 Å². The largest absolute Gasteiger partial charge is 0.481 e. The molecule has 1 heterocycles. The fourth-order valence-corrected chi connectivity index (χ4v) is 3.87.